The Labute approximate surface area is 172 Å². The number of methoxy groups -OCH3 is 2. The molecule has 0 saturated heterocycles. The van der Waals surface area contributed by atoms with Gasteiger partial charge >= 0.3 is 0 Å². The fourth-order valence-corrected chi connectivity index (χ4v) is 3.03. The van der Waals surface area contributed by atoms with Crippen LogP contribution in [0.25, 0.3) is 17.1 Å². The number of rotatable bonds is 6. The van der Waals surface area contributed by atoms with Gasteiger partial charge in [-0.15, -0.1) is 0 Å². The van der Waals surface area contributed by atoms with Crippen LogP contribution in [0.1, 0.15) is 10.5 Å². The largest absolute Gasteiger partial charge is 0.497 e. The molecule has 1 amide bonds. The number of carbonyl (C=O) groups is 1. The van der Waals surface area contributed by atoms with E-state index in [2.05, 4.69) is 20.4 Å². The van der Waals surface area contributed by atoms with E-state index in [1.54, 1.807) is 81.1 Å². The Kier molecular flexibility index (Phi) is 5.17. The van der Waals surface area contributed by atoms with Crippen LogP contribution in [0.2, 0.25) is 0 Å². The summed E-state index contributed by atoms with van der Waals surface area (Å²) in [7, 11) is 4.89. The summed E-state index contributed by atoms with van der Waals surface area (Å²) in [5.74, 6) is 1.72. The molecule has 152 valence electrons. The van der Waals surface area contributed by atoms with Crippen molar-refractivity contribution in [2.45, 2.75) is 0 Å². The second-order valence-corrected chi connectivity index (χ2v) is 6.43. The summed E-state index contributed by atoms with van der Waals surface area (Å²) in [6.45, 7) is 0. The smallest absolute Gasteiger partial charge is 0.273 e. The van der Waals surface area contributed by atoms with Crippen molar-refractivity contribution in [3.05, 3.63) is 67.0 Å². The van der Waals surface area contributed by atoms with E-state index < -0.39 is 0 Å². The lowest BCUT2D eigenvalue weighted by Gasteiger charge is -2.08. The third-order valence-electron chi connectivity index (χ3n) is 4.57. The molecule has 0 radical (unpaired) electrons. The van der Waals surface area contributed by atoms with Crippen LogP contribution in [0.5, 0.6) is 11.5 Å². The molecule has 0 aliphatic heterocycles. The van der Waals surface area contributed by atoms with Crippen molar-refractivity contribution >= 4 is 11.6 Å². The number of pyridine rings is 1. The Bertz CT molecular complexity index is 1170. The van der Waals surface area contributed by atoms with E-state index in [1.165, 1.54) is 4.68 Å². The van der Waals surface area contributed by atoms with E-state index in [1.807, 2.05) is 6.07 Å². The molecule has 4 rings (SSSR count). The standard InChI is InChI=1S/C21H20N6O3/c1-26-18(11-17(25-26)16-10-15(29-2)5-6-19(16)30-3)21(28)24-14-4-7-20(23-12-14)27-9-8-22-13-27/h4-13H,1-3H3,(H,24,28). The van der Waals surface area contributed by atoms with Crippen molar-refractivity contribution in [1.82, 2.24) is 24.3 Å². The molecule has 0 spiro atoms. The zero-order valence-electron chi connectivity index (χ0n) is 16.7. The molecule has 0 aliphatic carbocycles. The third kappa shape index (κ3) is 3.72. The van der Waals surface area contributed by atoms with Crippen LogP contribution in [0.15, 0.2) is 61.3 Å². The van der Waals surface area contributed by atoms with E-state index in [-0.39, 0.29) is 5.91 Å². The molecule has 4 aromatic rings. The number of amides is 1. The van der Waals surface area contributed by atoms with Crippen molar-refractivity contribution in [2.75, 3.05) is 19.5 Å². The van der Waals surface area contributed by atoms with Gasteiger partial charge in [0, 0.05) is 25.0 Å². The van der Waals surface area contributed by atoms with E-state index in [9.17, 15) is 4.79 Å². The Morgan fingerprint density at radius 1 is 1.10 bits per heavy atom. The number of imidazole rings is 1. The van der Waals surface area contributed by atoms with Crippen LogP contribution >= 0.6 is 0 Å². The normalized spacial score (nSPS) is 10.6. The van der Waals surface area contributed by atoms with E-state index in [0.717, 1.165) is 5.56 Å². The van der Waals surface area contributed by atoms with Gasteiger partial charge in [-0.05, 0) is 36.4 Å². The van der Waals surface area contributed by atoms with Gasteiger partial charge in [0.2, 0.25) is 0 Å². The lowest BCUT2D eigenvalue weighted by molar-refractivity contribution is 0.101. The fraction of sp³-hybridized carbons (Fsp3) is 0.143. The predicted molar refractivity (Wildman–Crippen MR) is 111 cm³/mol. The van der Waals surface area contributed by atoms with E-state index in [4.69, 9.17) is 9.47 Å². The lowest BCUT2D eigenvalue weighted by atomic mass is 10.1. The minimum atomic E-state index is -0.296. The summed E-state index contributed by atoms with van der Waals surface area (Å²) in [4.78, 5) is 21.1. The van der Waals surface area contributed by atoms with Crippen molar-refractivity contribution < 1.29 is 14.3 Å². The van der Waals surface area contributed by atoms with Gasteiger partial charge in [-0.2, -0.15) is 5.10 Å². The molecule has 9 nitrogen and oxygen atoms in total. The van der Waals surface area contributed by atoms with Crippen molar-refractivity contribution in [2.24, 2.45) is 7.05 Å². The summed E-state index contributed by atoms with van der Waals surface area (Å²) in [5.41, 5.74) is 2.31. The highest BCUT2D eigenvalue weighted by Gasteiger charge is 2.17. The van der Waals surface area contributed by atoms with Crippen LogP contribution in [-0.4, -0.2) is 44.4 Å². The van der Waals surface area contributed by atoms with Gasteiger partial charge in [-0.1, -0.05) is 0 Å². The first-order chi connectivity index (χ1) is 14.6. The number of hydrogen-bond donors (Lipinski definition) is 1. The number of benzene rings is 1. The van der Waals surface area contributed by atoms with E-state index >= 15 is 0 Å². The molecule has 9 heteroatoms. The summed E-state index contributed by atoms with van der Waals surface area (Å²) < 4.78 is 14.0. The average molecular weight is 404 g/mol. The van der Waals surface area contributed by atoms with Crippen LogP contribution in [0, 0.1) is 0 Å². The van der Waals surface area contributed by atoms with Gasteiger partial charge in [0.1, 0.15) is 29.3 Å². The molecule has 0 atom stereocenters. The summed E-state index contributed by atoms with van der Waals surface area (Å²) in [6, 6.07) is 10.7. The average Bonchev–Trinajstić information content (AvgIpc) is 3.44. The topological polar surface area (TPSA) is 96.1 Å². The Morgan fingerprint density at radius 3 is 2.63 bits per heavy atom. The Balaban J connectivity index is 1.57. The number of nitrogens with zero attached hydrogens (tertiary/aromatic N) is 5. The highest BCUT2D eigenvalue weighted by atomic mass is 16.5. The van der Waals surface area contributed by atoms with E-state index in [0.29, 0.717) is 34.4 Å². The second-order valence-electron chi connectivity index (χ2n) is 6.43. The van der Waals surface area contributed by atoms with Gasteiger partial charge in [0.25, 0.3) is 5.91 Å². The van der Waals surface area contributed by atoms with Crippen molar-refractivity contribution in [3.8, 4) is 28.6 Å². The van der Waals surface area contributed by atoms with Gasteiger partial charge in [-0.25, -0.2) is 9.97 Å². The van der Waals surface area contributed by atoms with Gasteiger partial charge < -0.3 is 14.8 Å². The van der Waals surface area contributed by atoms with Gasteiger partial charge in [0.05, 0.1) is 31.8 Å². The first-order valence-electron chi connectivity index (χ1n) is 9.11. The number of anilines is 1. The van der Waals surface area contributed by atoms with Gasteiger partial charge in [-0.3, -0.25) is 14.0 Å². The first-order valence-corrected chi connectivity index (χ1v) is 9.11. The number of nitrogens with one attached hydrogen (secondary N) is 1. The minimum Gasteiger partial charge on any atom is -0.497 e. The van der Waals surface area contributed by atoms with Crippen LogP contribution in [-0.2, 0) is 7.05 Å². The molecule has 0 saturated carbocycles. The maximum Gasteiger partial charge on any atom is 0.273 e. The van der Waals surface area contributed by atoms with Crippen LogP contribution < -0.4 is 14.8 Å². The molecule has 1 N–H and O–H groups in total. The lowest BCUT2D eigenvalue weighted by Crippen LogP contribution is -2.16. The maximum absolute atomic E-state index is 12.8. The fourth-order valence-electron chi connectivity index (χ4n) is 3.03. The Morgan fingerprint density at radius 2 is 1.97 bits per heavy atom. The summed E-state index contributed by atoms with van der Waals surface area (Å²) in [5, 5.41) is 7.31. The second kappa shape index (κ2) is 8.08. The molecule has 0 fully saturated rings. The number of aromatic nitrogens is 5. The molecular weight excluding hydrogens is 384 g/mol. The van der Waals surface area contributed by atoms with Crippen molar-refractivity contribution in [3.63, 3.8) is 0 Å². The molecule has 0 unspecified atom stereocenters. The van der Waals surface area contributed by atoms with Crippen LogP contribution in [0.4, 0.5) is 5.69 Å². The molecule has 3 heterocycles. The summed E-state index contributed by atoms with van der Waals surface area (Å²) >= 11 is 0. The SMILES string of the molecule is COc1ccc(OC)c(-c2cc(C(=O)Nc3ccc(-n4ccnc4)nc3)n(C)n2)c1. The van der Waals surface area contributed by atoms with Gasteiger partial charge in [0.15, 0.2) is 0 Å². The molecule has 30 heavy (non-hydrogen) atoms. The van der Waals surface area contributed by atoms with Crippen molar-refractivity contribution in [1.29, 1.82) is 0 Å². The number of carbonyl (C=O) groups excluding carboxylic acids is 1. The monoisotopic (exact) mass is 404 g/mol. The summed E-state index contributed by atoms with van der Waals surface area (Å²) in [6.07, 6.45) is 6.72. The molecule has 3 aromatic heterocycles. The molecular formula is C21H20N6O3. The number of aryl methyl sites for hydroxylation is 1. The highest BCUT2D eigenvalue weighted by Crippen LogP contribution is 2.33. The zero-order chi connectivity index (χ0) is 21.1. The third-order valence-corrected chi connectivity index (χ3v) is 4.57. The molecule has 0 aliphatic rings. The number of ether oxygens (including phenoxy) is 2. The zero-order valence-corrected chi connectivity index (χ0v) is 16.7. The quantitative estimate of drug-likeness (QED) is 0.531. The molecule has 1 aromatic carbocycles. The first kappa shape index (κ1) is 19.2. The molecule has 0 bridgehead atoms. The van der Waals surface area contributed by atoms with Crippen LogP contribution in [0.3, 0.4) is 0 Å². The maximum atomic E-state index is 12.8. The minimum absolute atomic E-state index is 0.296. The Hall–Kier alpha value is -4.14. The predicted octanol–water partition coefficient (Wildman–Crippen LogP) is 2.94. The number of hydrogen-bond acceptors (Lipinski definition) is 6. The highest BCUT2D eigenvalue weighted by molar-refractivity contribution is 6.03.